The molecule has 1 N–H and O–H groups in total. The van der Waals surface area contributed by atoms with Gasteiger partial charge in [0.2, 0.25) is 0 Å². The summed E-state index contributed by atoms with van der Waals surface area (Å²) in [4.78, 5) is 16.6. The van der Waals surface area contributed by atoms with Gasteiger partial charge in [-0.1, -0.05) is 11.6 Å². The van der Waals surface area contributed by atoms with E-state index in [4.69, 9.17) is 11.6 Å². The normalized spacial score (nSPS) is 10.3. The van der Waals surface area contributed by atoms with E-state index in [0.29, 0.717) is 9.90 Å². The zero-order valence-corrected chi connectivity index (χ0v) is 11.0. The largest absolute Gasteiger partial charge is 0.321 e. The molecule has 0 saturated heterocycles. The summed E-state index contributed by atoms with van der Waals surface area (Å²) in [7, 11) is 0. The summed E-state index contributed by atoms with van der Waals surface area (Å²) in [6.07, 6.45) is 1.58. The highest BCUT2D eigenvalue weighted by Crippen LogP contribution is 2.21. The summed E-state index contributed by atoms with van der Waals surface area (Å²) in [5.74, 6) is -0.138. The first-order valence-corrected chi connectivity index (χ1v) is 6.25. The van der Waals surface area contributed by atoms with Crippen LogP contribution in [-0.4, -0.2) is 10.9 Å². The molecule has 1 heterocycles. The molecule has 0 fully saturated rings. The number of anilines is 1. The maximum Gasteiger partial charge on any atom is 0.267 e. The van der Waals surface area contributed by atoms with Gasteiger partial charge in [0.1, 0.15) is 4.88 Å². The molecule has 3 nitrogen and oxygen atoms in total. The number of hydrogen-bond acceptors (Lipinski definition) is 3. The molecule has 17 heavy (non-hydrogen) atoms. The molecule has 0 aliphatic carbocycles. The minimum absolute atomic E-state index is 0.138. The average molecular weight is 267 g/mol. The fraction of sp³-hybridized carbons (Fsp3) is 0.167. The van der Waals surface area contributed by atoms with Gasteiger partial charge in [0.25, 0.3) is 5.91 Å². The van der Waals surface area contributed by atoms with Crippen molar-refractivity contribution in [3.8, 4) is 0 Å². The number of rotatable bonds is 2. The second kappa shape index (κ2) is 4.85. The van der Waals surface area contributed by atoms with Crippen molar-refractivity contribution in [2.24, 2.45) is 0 Å². The highest BCUT2D eigenvalue weighted by atomic mass is 35.5. The molecule has 2 aromatic rings. The number of carbonyl (C=O) groups is 1. The second-order valence-electron chi connectivity index (χ2n) is 3.66. The van der Waals surface area contributed by atoms with Crippen LogP contribution in [0.4, 0.5) is 5.69 Å². The highest BCUT2D eigenvalue weighted by Gasteiger charge is 2.10. The van der Waals surface area contributed by atoms with Crippen LogP contribution in [0.25, 0.3) is 0 Å². The number of aromatic nitrogens is 1. The Hall–Kier alpha value is -1.39. The Morgan fingerprint density at radius 3 is 2.76 bits per heavy atom. The minimum atomic E-state index is -0.138. The molecule has 0 aliphatic rings. The first-order chi connectivity index (χ1) is 8.06. The van der Waals surface area contributed by atoms with Crippen molar-refractivity contribution in [2.45, 2.75) is 13.8 Å². The third-order valence-corrected chi connectivity index (χ3v) is 3.43. The van der Waals surface area contributed by atoms with E-state index >= 15 is 0 Å². The topological polar surface area (TPSA) is 42.0 Å². The monoisotopic (exact) mass is 266 g/mol. The van der Waals surface area contributed by atoms with E-state index in [1.165, 1.54) is 11.3 Å². The van der Waals surface area contributed by atoms with Gasteiger partial charge < -0.3 is 5.32 Å². The van der Waals surface area contributed by atoms with E-state index in [1.807, 2.05) is 19.9 Å². The zero-order chi connectivity index (χ0) is 12.4. The van der Waals surface area contributed by atoms with Gasteiger partial charge in [-0.3, -0.25) is 4.79 Å². The molecule has 0 unspecified atom stereocenters. The summed E-state index contributed by atoms with van der Waals surface area (Å²) >= 11 is 7.23. The third kappa shape index (κ3) is 2.84. The number of aryl methyl sites for hydroxylation is 2. The van der Waals surface area contributed by atoms with Gasteiger partial charge in [0.15, 0.2) is 0 Å². The lowest BCUT2D eigenvalue weighted by Crippen LogP contribution is -2.11. The smallest absolute Gasteiger partial charge is 0.267 e. The second-order valence-corrected chi connectivity index (χ2v) is 5.33. The molecule has 0 aliphatic heterocycles. The summed E-state index contributed by atoms with van der Waals surface area (Å²) in [6, 6.07) is 5.36. The molecule has 0 bridgehead atoms. The molecular formula is C12H11ClN2OS. The van der Waals surface area contributed by atoms with E-state index in [-0.39, 0.29) is 5.91 Å². The van der Waals surface area contributed by atoms with Crippen molar-refractivity contribution < 1.29 is 4.79 Å². The Morgan fingerprint density at radius 1 is 1.41 bits per heavy atom. The predicted octanol–water partition coefficient (Wildman–Crippen LogP) is 3.67. The van der Waals surface area contributed by atoms with Crippen LogP contribution < -0.4 is 5.32 Å². The van der Waals surface area contributed by atoms with Crippen LogP contribution in [0.5, 0.6) is 0 Å². The lowest BCUT2D eigenvalue weighted by Gasteiger charge is -2.07. The van der Waals surface area contributed by atoms with Crippen LogP contribution in [0.1, 0.15) is 20.2 Å². The van der Waals surface area contributed by atoms with Gasteiger partial charge in [-0.2, -0.15) is 0 Å². The van der Waals surface area contributed by atoms with Crippen molar-refractivity contribution in [2.75, 3.05) is 5.32 Å². The van der Waals surface area contributed by atoms with Crippen LogP contribution in [0.2, 0.25) is 5.02 Å². The maximum absolute atomic E-state index is 11.9. The molecule has 1 amide bonds. The number of carbonyl (C=O) groups excluding carboxylic acids is 1. The number of benzene rings is 1. The molecule has 0 radical (unpaired) electrons. The van der Waals surface area contributed by atoms with Crippen LogP contribution in [0, 0.1) is 13.8 Å². The van der Waals surface area contributed by atoms with Crippen molar-refractivity contribution in [1.29, 1.82) is 0 Å². The summed E-state index contributed by atoms with van der Waals surface area (Å²) < 4.78 is 0. The first kappa shape index (κ1) is 12.1. The Kier molecular flexibility index (Phi) is 3.45. The Labute approximate surface area is 108 Å². The van der Waals surface area contributed by atoms with Gasteiger partial charge in [0, 0.05) is 10.7 Å². The molecule has 0 saturated carbocycles. The molecule has 5 heteroatoms. The number of hydrogen-bond donors (Lipinski definition) is 1. The van der Waals surface area contributed by atoms with Crippen molar-refractivity contribution in [1.82, 2.24) is 4.98 Å². The standard InChI is InChI=1S/C12H11ClN2OS/c1-7-5-9(13)3-4-10(7)15-12(16)11-6-14-8(2)17-11/h3-6H,1-2H3,(H,15,16). The van der Waals surface area contributed by atoms with E-state index < -0.39 is 0 Å². The molecular weight excluding hydrogens is 256 g/mol. The Morgan fingerprint density at radius 2 is 2.18 bits per heavy atom. The maximum atomic E-state index is 11.9. The molecule has 88 valence electrons. The summed E-state index contributed by atoms with van der Waals surface area (Å²) in [6.45, 7) is 3.77. The van der Waals surface area contributed by atoms with E-state index in [1.54, 1.807) is 18.3 Å². The number of amides is 1. The zero-order valence-electron chi connectivity index (χ0n) is 9.45. The van der Waals surface area contributed by atoms with Crippen molar-refractivity contribution >= 4 is 34.5 Å². The SMILES string of the molecule is Cc1ncc(C(=O)Nc2ccc(Cl)cc2C)s1. The lowest BCUT2D eigenvalue weighted by atomic mass is 10.2. The van der Waals surface area contributed by atoms with Gasteiger partial charge in [-0.15, -0.1) is 11.3 Å². The van der Waals surface area contributed by atoms with E-state index in [2.05, 4.69) is 10.3 Å². The Balaban J connectivity index is 2.18. The lowest BCUT2D eigenvalue weighted by molar-refractivity contribution is 0.103. The quantitative estimate of drug-likeness (QED) is 0.901. The number of halogens is 1. The average Bonchev–Trinajstić information content (AvgIpc) is 2.69. The summed E-state index contributed by atoms with van der Waals surface area (Å²) in [5, 5.41) is 4.38. The van der Waals surface area contributed by atoms with Gasteiger partial charge in [-0.05, 0) is 37.6 Å². The predicted molar refractivity (Wildman–Crippen MR) is 71.0 cm³/mol. The molecule has 2 rings (SSSR count). The third-order valence-electron chi connectivity index (χ3n) is 2.28. The van der Waals surface area contributed by atoms with Gasteiger partial charge in [-0.25, -0.2) is 4.98 Å². The van der Waals surface area contributed by atoms with E-state index in [9.17, 15) is 4.79 Å². The number of thiazole rings is 1. The molecule has 1 aromatic heterocycles. The number of nitrogens with zero attached hydrogens (tertiary/aromatic N) is 1. The molecule has 0 spiro atoms. The van der Waals surface area contributed by atoms with Gasteiger partial charge >= 0.3 is 0 Å². The van der Waals surface area contributed by atoms with Crippen LogP contribution >= 0.6 is 22.9 Å². The van der Waals surface area contributed by atoms with E-state index in [0.717, 1.165) is 16.3 Å². The van der Waals surface area contributed by atoms with Crippen LogP contribution in [0.3, 0.4) is 0 Å². The minimum Gasteiger partial charge on any atom is -0.321 e. The van der Waals surface area contributed by atoms with Gasteiger partial charge in [0.05, 0.1) is 11.2 Å². The van der Waals surface area contributed by atoms with Crippen LogP contribution in [0.15, 0.2) is 24.4 Å². The Bertz CT molecular complexity index is 565. The van der Waals surface area contributed by atoms with Crippen LogP contribution in [-0.2, 0) is 0 Å². The fourth-order valence-electron chi connectivity index (χ4n) is 1.42. The van der Waals surface area contributed by atoms with Crippen molar-refractivity contribution in [3.63, 3.8) is 0 Å². The highest BCUT2D eigenvalue weighted by molar-refractivity contribution is 7.13. The molecule has 0 atom stereocenters. The van der Waals surface area contributed by atoms with Crippen molar-refractivity contribution in [3.05, 3.63) is 44.9 Å². The fourth-order valence-corrected chi connectivity index (χ4v) is 2.32. The molecule has 1 aromatic carbocycles. The first-order valence-electron chi connectivity index (χ1n) is 5.06. The summed E-state index contributed by atoms with van der Waals surface area (Å²) in [5.41, 5.74) is 1.71. The number of nitrogens with one attached hydrogen (secondary N) is 1.